The van der Waals surface area contributed by atoms with Crippen molar-refractivity contribution in [3.8, 4) is 0 Å². The number of carbonyl (C=O) groups is 2. The highest BCUT2D eigenvalue weighted by Gasteiger charge is 2.55. The number of benzene rings is 1. The predicted octanol–water partition coefficient (Wildman–Crippen LogP) is 6.29. The minimum Gasteiger partial charge on any atom is -0.325 e. The molecule has 0 spiro atoms. The summed E-state index contributed by atoms with van der Waals surface area (Å²) in [7, 11) is 0. The van der Waals surface area contributed by atoms with Gasteiger partial charge >= 0.3 is 0 Å². The van der Waals surface area contributed by atoms with Gasteiger partial charge in [-0.05, 0) is 131 Å². The second-order valence-corrected chi connectivity index (χ2v) is 13.6. The first-order chi connectivity index (χ1) is 15.9. The molecule has 0 heterocycles. The average Bonchev–Trinajstić information content (AvgIpc) is 2.71. The summed E-state index contributed by atoms with van der Waals surface area (Å²) >= 11 is 4.60. The number of nitrogens with one attached hydrogen (secondary N) is 2. The van der Waals surface area contributed by atoms with E-state index in [9.17, 15) is 9.59 Å². The third-order valence-electron chi connectivity index (χ3n) is 10.5. The van der Waals surface area contributed by atoms with Gasteiger partial charge in [0.25, 0.3) is 0 Å². The standard InChI is InChI=1S/C28H36N2O2S/c31-25(27-10-16-1-17(11-27)3-18(2-16)12-27)29-22-7-23(9-24(33)8-22)30-26(32)28-13-19-4-20(14-28)6-21(5-19)15-28/h7-9,16-21,33H,1-6,10-15H2,(H,29,31)(H,30,32). The highest BCUT2D eigenvalue weighted by molar-refractivity contribution is 7.80. The van der Waals surface area contributed by atoms with Gasteiger partial charge < -0.3 is 10.6 Å². The zero-order valence-electron chi connectivity index (χ0n) is 19.4. The maximum atomic E-state index is 13.5. The SMILES string of the molecule is O=C(Nc1cc(S)cc(NC(=O)C23CC4CC(CC(C4)C2)C3)c1)C12CC3CC(CC(C3)C1)C2. The van der Waals surface area contributed by atoms with Crippen molar-refractivity contribution < 1.29 is 9.59 Å². The molecule has 9 rings (SSSR count). The van der Waals surface area contributed by atoms with E-state index in [-0.39, 0.29) is 22.6 Å². The lowest BCUT2D eigenvalue weighted by atomic mass is 9.49. The van der Waals surface area contributed by atoms with Crippen molar-refractivity contribution in [3.63, 3.8) is 0 Å². The Morgan fingerprint density at radius 1 is 0.606 bits per heavy atom. The Balaban J connectivity index is 1.09. The Bertz CT molecular complexity index is 870. The van der Waals surface area contributed by atoms with Crippen LogP contribution in [0.2, 0.25) is 0 Å². The summed E-state index contributed by atoms with van der Waals surface area (Å²) in [6.45, 7) is 0. The first kappa shape index (κ1) is 20.8. The second-order valence-electron chi connectivity index (χ2n) is 13.1. The van der Waals surface area contributed by atoms with Crippen molar-refractivity contribution in [2.24, 2.45) is 46.3 Å². The molecule has 176 valence electrons. The third kappa shape index (κ3) is 3.47. The molecular formula is C28H36N2O2S. The minimum absolute atomic E-state index is 0.177. The predicted molar refractivity (Wildman–Crippen MR) is 132 cm³/mol. The van der Waals surface area contributed by atoms with Crippen LogP contribution < -0.4 is 10.6 Å². The smallest absolute Gasteiger partial charge is 0.230 e. The molecule has 1 aromatic rings. The summed E-state index contributed by atoms with van der Waals surface area (Å²) in [5.74, 6) is 4.85. The Labute approximate surface area is 202 Å². The first-order valence-electron chi connectivity index (χ1n) is 13.3. The van der Waals surface area contributed by atoms with Crippen molar-refractivity contribution >= 4 is 35.8 Å². The third-order valence-corrected chi connectivity index (χ3v) is 10.7. The summed E-state index contributed by atoms with van der Waals surface area (Å²) in [4.78, 5) is 27.8. The number of amides is 2. The van der Waals surface area contributed by atoms with Crippen molar-refractivity contribution in [3.05, 3.63) is 18.2 Å². The summed E-state index contributed by atoms with van der Waals surface area (Å²) in [5.41, 5.74) is 1.18. The molecule has 5 heteroatoms. The van der Waals surface area contributed by atoms with Crippen molar-refractivity contribution in [1.82, 2.24) is 0 Å². The van der Waals surface area contributed by atoms with Crippen LogP contribution >= 0.6 is 12.6 Å². The van der Waals surface area contributed by atoms with E-state index in [1.54, 1.807) is 0 Å². The zero-order chi connectivity index (χ0) is 22.4. The molecule has 33 heavy (non-hydrogen) atoms. The van der Waals surface area contributed by atoms with Crippen LogP contribution in [-0.4, -0.2) is 11.8 Å². The summed E-state index contributed by atoms with van der Waals surface area (Å²) < 4.78 is 0. The van der Waals surface area contributed by atoms with Gasteiger partial charge in [0.1, 0.15) is 0 Å². The van der Waals surface area contributed by atoms with Crippen LogP contribution in [0.4, 0.5) is 11.4 Å². The normalized spacial score (nSPS) is 44.2. The second kappa shape index (κ2) is 7.26. The maximum absolute atomic E-state index is 13.5. The van der Waals surface area contributed by atoms with E-state index in [2.05, 4.69) is 23.3 Å². The first-order valence-corrected chi connectivity index (χ1v) is 13.8. The van der Waals surface area contributed by atoms with E-state index in [4.69, 9.17) is 0 Å². The molecule has 0 saturated heterocycles. The van der Waals surface area contributed by atoms with Gasteiger partial charge in [-0.15, -0.1) is 12.6 Å². The van der Waals surface area contributed by atoms with E-state index in [0.29, 0.717) is 0 Å². The molecule has 8 saturated carbocycles. The van der Waals surface area contributed by atoms with Crippen LogP contribution in [-0.2, 0) is 9.59 Å². The summed E-state index contributed by atoms with van der Waals surface area (Å²) in [6, 6.07) is 5.78. The van der Waals surface area contributed by atoms with Gasteiger partial charge in [-0.25, -0.2) is 0 Å². The highest BCUT2D eigenvalue weighted by atomic mass is 32.1. The molecule has 0 unspecified atom stereocenters. The lowest BCUT2D eigenvalue weighted by molar-refractivity contribution is -0.140. The van der Waals surface area contributed by atoms with E-state index < -0.39 is 0 Å². The molecule has 8 bridgehead atoms. The number of rotatable bonds is 4. The Morgan fingerprint density at radius 2 is 0.909 bits per heavy atom. The fraction of sp³-hybridized carbons (Fsp3) is 0.714. The fourth-order valence-corrected chi connectivity index (χ4v) is 10.3. The monoisotopic (exact) mass is 464 g/mol. The molecule has 1 aromatic carbocycles. The molecule has 8 aliphatic carbocycles. The van der Waals surface area contributed by atoms with Crippen molar-refractivity contribution in [1.29, 1.82) is 0 Å². The Morgan fingerprint density at radius 3 is 1.21 bits per heavy atom. The lowest BCUT2D eigenvalue weighted by Crippen LogP contribution is -2.52. The molecule has 2 amide bonds. The van der Waals surface area contributed by atoms with Crippen LogP contribution in [0, 0.1) is 46.3 Å². The van der Waals surface area contributed by atoms with Gasteiger partial charge in [0.15, 0.2) is 0 Å². The van der Waals surface area contributed by atoms with E-state index in [1.807, 2.05) is 18.2 Å². The van der Waals surface area contributed by atoms with Crippen LogP contribution in [0.15, 0.2) is 23.1 Å². The Kier molecular flexibility index (Phi) is 4.58. The number of hydrogen-bond acceptors (Lipinski definition) is 3. The topological polar surface area (TPSA) is 58.2 Å². The maximum Gasteiger partial charge on any atom is 0.230 e. The summed E-state index contributed by atoms with van der Waals surface area (Å²) in [5, 5.41) is 6.50. The van der Waals surface area contributed by atoms with E-state index >= 15 is 0 Å². The number of anilines is 2. The number of thiol groups is 1. The van der Waals surface area contributed by atoms with Gasteiger partial charge in [-0.3, -0.25) is 9.59 Å². The van der Waals surface area contributed by atoms with Gasteiger partial charge in [-0.1, -0.05) is 0 Å². The van der Waals surface area contributed by atoms with E-state index in [1.165, 1.54) is 38.5 Å². The van der Waals surface area contributed by atoms with Crippen molar-refractivity contribution in [2.75, 3.05) is 10.6 Å². The quantitative estimate of drug-likeness (QED) is 0.459. The molecule has 8 aliphatic rings. The summed E-state index contributed by atoms with van der Waals surface area (Å²) in [6.07, 6.45) is 14.3. The van der Waals surface area contributed by atoms with Crippen LogP contribution in [0.3, 0.4) is 0 Å². The van der Waals surface area contributed by atoms with Gasteiger partial charge in [0, 0.05) is 16.3 Å². The van der Waals surface area contributed by atoms with Crippen LogP contribution in [0.25, 0.3) is 0 Å². The molecule has 0 radical (unpaired) electrons. The molecule has 0 aromatic heterocycles. The van der Waals surface area contributed by atoms with Gasteiger partial charge in [0.2, 0.25) is 11.8 Å². The fourth-order valence-electron chi connectivity index (χ4n) is 10.1. The van der Waals surface area contributed by atoms with E-state index in [0.717, 1.165) is 90.3 Å². The van der Waals surface area contributed by atoms with Crippen LogP contribution in [0.5, 0.6) is 0 Å². The molecular weight excluding hydrogens is 428 g/mol. The highest BCUT2D eigenvalue weighted by Crippen LogP contribution is 2.61. The minimum atomic E-state index is -0.177. The average molecular weight is 465 g/mol. The van der Waals surface area contributed by atoms with Crippen molar-refractivity contribution in [2.45, 2.75) is 81.9 Å². The number of carbonyl (C=O) groups excluding carboxylic acids is 2. The molecule has 0 atom stereocenters. The Hall–Kier alpha value is -1.49. The zero-order valence-corrected chi connectivity index (χ0v) is 20.3. The number of hydrogen-bond donors (Lipinski definition) is 3. The molecule has 8 fully saturated rings. The molecule has 4 nitrogen and oxygen atoms in total. The largest absolute Gasteiger partial charge is 0.325 e. The molecule has 2 N–H and O–H groups in total. The van der Waals surface area contributed by atoms with Gasteiger partial charge in [0.05, 0.1) is 10.8 Å². The lowest BCUT2D eigenvalue weighted by Gasteiger charge is -2.55. The molecule has 0 aliphatic heterocycles. The van der Waals surface area contributed by atoms with Crippen LogP contribution in [0.1, 0.15) is 77.0 Å². The van der Waals surface area contributed by atoms with Gasteiger partial charge in [-0.2, -0.15) is 0 Å².